The van der Waals surface area contributed by atoms with Crippen LogP contribution < -0.4 is 0 Å². The summed E-state index contributed by atoms with van der Waals surface area (Å²) >= 11 is 0. The largest absolute Gasteiger partial charge is 0.479 e. The first-order valence-electron chi connectivity index (χ1n) is 14.0. The number of carbonyl (C=O) groups is 2. The minimum absolute atomic E-state index is 0.745. The lowest BCUT2D eigenvalue weighted by atomic mass is 9.79. The Morgan fingerprint density at radius 1 is 0.660 bits per heavy atom. The molecule has 47 heavy (non-hydrogen) atoms. The minimum atomic E-state index is -3.68. The molecule has 0 radical (unpaired) electrons. The van der Waals surface area contributed by atoms with Gasteiger partial charge >= 0.3 is 5.97 Å². The van der Waals surface area contributed by atoms with E-state index in [9.17, 15) is 91.3 Å². The molecule has 3 rings (SSSR count). The second-order valence-corrected chi connectivity index (χ2v) is 11.2. The summed E-state index contributed by atoms with van der Waals surface area (Å²) in [7, 11) is 0. The van der Waals surface area contributed by atoms with Gasteiger partial charge in [0.2, 0.25) is 5.78 Å². The number of carboxylic acids is 1. The molecule has 0 bridgehead atoms. The lowest BCUT2D eigenvalue weighted by Gasteiger charge is -2.44. The lowest BCUT2D eigenvalue weighted by Crippen LogP contribution is -2.73. The van der Waals surface area contributed by atoms with E-state index in [0.717, 1.165) is 0 Å². The number of hydrogen-bond donors (Lipinski definition) is 16. The number of hydrogen-bond acceptors (Lipinski definition) is 22. The highest BCUT2D eigenvalue weighted by Gasteiger charge is 2.65. The van der Waals surface area contributed by atoms with Crippen molar-refractivity contribution in [3.63, 3.8) is 0 Å². The van der Waals surface area contributed by atoms with Crippen LogP contribution in [-0.4, -0.2) is 229 Å². The summed E-state index contributed by atoms with van der Waals surface area (Å²) in [4.78, 5) is 24.8. The average Bonchev–Trinajstić information content (AvgIpc) is 3.05. The van der Waals surface area contributed by atoms with Crippen LogP contribution in [0, 0.1) is 0 Å². The predicted octanol–water partition coefficient (Wildman–Crippen LogP) is -11.1. The molecule has 3 saturated heterocycles. The van der Waals surface area contributed by atoms with Crippen LogP contribution >= 0.6 is 0 Å². The molecule has 0 aromatic heterocycles. The first-order valence-corrected chi connectivity index (χ1v) is 14.0. The quantitative estimate of drug-likeness (QED) is 0.0794. The van der Waals surface area contributed by atoms with E-state index in [1.54, 1.807) is 0 Å². The van der Waals surface area contributed by atoms with E-state index in [0.29, 0.717) is 0 Å². The smallest absolute Gasteiger partial charge is 0.346 e. The Morgan fingerprint density at radius 2 is 1.17 bits per heavy atom. The molecule has 0 aromatic carbocycles. The molecule has 23 nitrogen and oxygen atoms in total. The Bertz CT molecular complexity index is 1050. The number of ketones is 1. The lowest BCUT2D eigenvalue weighted by molar-refractivity contribution is -0.333. The van der Waals surface area contributed by atoms with Crippen molar-refractivity contribution in [3.8, 4) is 0 Å². The van der Waals surface area contributed by atoms with Crippen LogP contribution in [-0.2, 0) is 33.3 Å². The number of ether oxygens (including phenoxy) is 5. The van der Waals surface area contributed by atoms with Gasteiger partial charge in [0.15, 0.2) is 18.9 Å². The van der Waals surface area contributed by atoms with Gasteiger partial charge in [-0.25, -0.2) is 4.79 Å². The van der Waals surface area contributed by atoms with E-state index in [-0.39, 0.29) is 0 Å². The molecular formula is C24H40O23. The fourth-order valence-electron chi connectivity index (χ4n) is 5.08. The van der Waals surface area contributed by atoms with E-state index in [4.69, 9.17) is 18.9 Å². The SMILES string of the molecule is O=C(O)C1(C(=O)[C@H](O)[C@@H](O)[C@H](O)[C@H](O)CO[C@H]2O[C@H](CO[C@H]3O[C@H](CO)[C@@H](O)[C@H](O)[C@H]3O)[C@@H](O)[C@H](O)[C@H]2O)OC(O)C(O)C(O)C1O. The van der Waals surface area contributed by atoms with E-state index in [1.165, 1.54) is 0 Å². The van der Waals surface area contributed by atoms with Crippen LogP contribution in [0.1, 0.15) is 0 Å². The van der Waals surface area contributed by atoms with Gasteiger partial charge in [0, 0.05) is 0 Å². The van der Waals surface area contributed by atoms with Gasteiger partial charge < -0.3 is 105 Å². The topological polar surface area (TPSA) is 404 Å². The number of aliphatic carboxylic acids is 1. The van der Waals surface area contributed by atoms with Crippen molar-refractivity contribution in [2.24, 2.45) is 0 Å². The third-order valence-electron chi connectivity index (χ3n) is 8.08. The summed E-state index contributed by atoms with van der Waals surface area (Å²) in [6.07, 6.45) is -38.7. The van der Waals surface area contributed by atoms with Gasteiger partial charge in [0.1, 0.15) is 91.6 Å². The Kier molecular flexibility index (Phi) is 13.5. The summed E-state index contributed by atoms with van der Waals surface area (Å²) in [5.41, 5.74) is -3.68. The summed E-state index contributed by atoms with van der Waals surface area (Å²) < 4.78 is 25.3. The van der Waals surface area contributed by atoms with Gasteiger partial charge in [-0.05, 0) is 0 Å². The summed E-state index contributed by atoms with van der Waals surface area (Å²) in [5, 5.41) is 160. The molecule has 3 aliphatic rings. The van der Waals surface area contributed by atoms with Gasteiger partial charge in [0.25, 0.3) is 5.60 Å². The molecule has 0 saturated carbocycles. The highest BCUT2D eigenvalue weighted by Crippen LogP contribution is 2.33. The van der Waals surface area contributed by atoms with Crippen molar-refractivity contribution in [2.75, 3.05) is 19.8 Å². The van der Waals surface area contributed by atoms with Crippen molar-refractivity contribution in [2.45, 2.75) is 116 Å². The van der Waals surface area contributed by atoms with Crippen LogP contribution in [0.3, 0.4) is 0 Å². The van der Waals surface area contributed by atoms with E-state index >= 15 is 0 Å². The first-order chi connectivity index (χ1) is 21.8. The van der Waals surface area contributed by atoms with E-state index in [1.807, 2.05) is 0 Å². The maximum Gasteiger partial charge on any atom is 0.346 e. The van der Waals surface area contributed by atoms with Crippen molar-refractivity contribution < 1.29 is 115 Å². The maximum atomic E-state index is 12.9. The van der Waals surface area contributed by atoms with Crippen LogP contribution in [0.5, 0.6) is 0 Å². The maximum absolute atomic E-state index is 12.9. The standard InChI is InChI=1S/C24H40O23/c25-1-5-8(28)11(31)16(36)22(45-5)44-3-6-9(29)12(32)17(37)21(46-6)43-2-4(26)7(27)10(30)13(33)18(38)24(23(41)42)19(39)14(34)15(35)20(40)47-24/h4-17,19-22,25-37,39-40H,1-3H2,(H,41,42)/t4-,5-,6-,7-,8-,9-,10+,11+,12+,13-,14?,15?,16-,17-,19?,20?,21+,22+,24?/m1/s1. The van der Waals surface area contributed by atoms with Crippen LogP contribution in [0.15, 0.2) is 0 Å². The Labute approximate surface area is 263 Å². The third-order valence-corrected chi connectivity index (χ3v) is 8.08. The monoisotopic (exact) mass is 696 g/mol. The number of rotatable bonds is 13. The van der Waals surface area contributed by atoms with Crippen LogP contribution in [0.2, 0.25) is 0 Å². The highest BCUT2D eigenvalue weighted by atomic mass is 16.7. The molecular weight excluding hydrogens is 656 g/mol. The molecule has 0 amide bonds. The molecule has 19 atom stereocenters. The molecule has 16 N–H and O–H groups in total. The Morgan fingerprint density at radius 3 is 1.70 bits per heavy atom. The molecule has 23 heteroatoms. The zero-order valence-electron chi connectivity index (χ0n) is 24.0. The number of aliphatic hydroxyl groups is 15. The van der Waals surface area contributed by atoms with Gasteiger partial charge in [-0.1, -0.05) is 0 Å². The third kappa shape index (κ3) is 7.74. The number of carboxylic acid groups (broad SMARTS) is 1. The zero-order chi connectivity index (χ0) is 35.7. The van der Waals surface area contributed by atoms with Gasteiger partial charge in [-0.3, -0.25) is 4.79 Å². The fraction of sp³-hybridized carbons (Fsp3) is 0.917. The molecule has 274 valence electrons. The first kappa shape index (κ1) is 39.8. The van der Waals surface area contributed by atoms with E-state index < -0.39 is 148 Å². The molecule has 0 aromatic rings. The zero-order valence-corrected chi connectivity index (χ0v) is 24.0. The van der Waals surface area contributed by atoms with Crippen molar-refractivity contribution in [1.29, 1.82) is 0 Å². The minimum Gasteiger partial charge on any atom is -0.479 e. The number of carbonyl (C=O) groups excluding carboxylic acids is 1. The Balaban J connectivity index is 1.63. The van der Waals surface area contributed by atoms with Crippen LogP contribution in [0.4, 0.5) is 0 Å². The van der Waals surface area contributed by atoms with Gasteiger partial charge in [0.05, 0.1) is 19.8 Å². The molecule has 3 aliphatic heterocycles. The highest BCUT2D eigenvalue weighted by molar-refractivity contribution is 6.09. The molecule has 0 spiro atoms. The number of Topliss-reactive ketones (excluding diaryl/α,β-unsaturated/α-hetero) is 1. The van der Waals surface area contributed by atoms with Crippen molar-refractivity contribution in [1.82, 2.24) is 0 Å². The summed E-state index contributed by atoms with van der Waals surface area (Å²) in [6.45, 7) is -2.66. The molecule has 3 heterocycles. The number of aliphatic hydroxyl groups excluding tert-OH is 15. The molecule has 0 aliphatic carbocycles. The molecule has 5 unspecified atom stereocenters. The van der Waals surface area contributed by atoms with Crippen molar-refractivity contribution >= 4 is 11.8 Å². The molecule has 3 fully saturated rings. The van der Waals surface area contributed by atoms with Crippen molar-refractivity contribution in [3.05, 3.63) is 0 Å². The Hall–Kier alpha value is -1.66. The predicted molar refractivity (Wildman–Crippen MR) is 137 cm³/mol. The van der Waals surface area contributed by atoms with Crippen LogP contribution in [0.25, 0.3) is 0 Å². The summed E-state index contributed by atoms with van der Waals surface area (Å²) in [5.74, 6) is -4.52. The van der Waals surface area contributed by atoms with Gasteiger partial charge in [-0.2, -0.15) is 0 Å². The second kappa shape index (κ2) is 15.9. The fourth-order valence-corrected chi connectivity index (χ4v) is 5.08. The average molecular weight is 697 g/mol. The normalized spacial score (nSPS) is 45.5. The second-order valence-electron chi connectivity index (χ2n) is 11.2. The van der Waals surface area contributed by atoms with Gasteiger partial charge in [-0.15, -0.1) is 0 Å². The van der Waals surface area contributed by atoms with E-state index in [2.05, 4.69) is 4.74 Å². The summed E-state index contributed by atoms with van der Waals surface area (Å²) in [6, 6.07) is 0.